The second kappa shape index (κ2) is 8.12. The number of Topliss-reactive ketones (excluding diaryl/α,β-unsaturated/α-hetero) is 1. The molecule has 2 saturated heterocycles. The Kier molecular flexibility index (Phi) is 5.94. The number of aliphatic hydroxyl groups is 3. The molecule has 4 fully saturated rings. The van der Waals surface area contributed by atoms with Crippen molar-refractivity contribution in [2.75, 3.05) is 13.7 Å². The summed E-state index contributed by atoms with van der Waals surface area (Å²) >= 11 is 0. The first kappa shape index (κ1) is 27.8. The van der Waals surface area contributed by atoms with Crippen molar-refractivity contribution in [2.45, 2.75) is 95.6 Å². The lowest BCUT2D eigenvalue weighted by molar-refractivity contribution is -0.288. The van der Waals surface area contributed by atoms with Gasteiger partial charge >= 0.3 is 11.9 Å². The first-order valence-electron chi connectivity index (χ1n) is 13.3. The molecular formula is C27H40O10Si. The SMILES string of the molecule is COC(=O)[C@@]12OC[C@]34[C@H]([C@@H](O)[C@@H]1O)[C@@]1(C)CC(=O)C(O[Si](C)(C)C(C)(C)C)=C(C)[C@@H]1C[C@H]3OC(=O)[C@H](O)[C@@H]24. The van der Waals surface area contributed by atoms with Crippen LogP contribution in [-0.4, -0.2) is 85.1 Å². The normalized spacial score (nSPS) is 46.2. The van der Waals surface area contributed by atoms with Crippen molar-refractivity contribution < 1.29 is 48.3 Å². The molecule has 0 unspecified atom stereocenters. The fraction of sp³-hybridized carbons (Fsp3) is 0.815. The van der Waals surface area contributed by atoms with E-state index in [4.69, 9.17) is 18.6 Å². The molecule has 0 radical (unpaired) electrons. The molecule has 10 atom stereocenters. The van der Waals surface area contributed by atoms with Gasteiger partial charge in [0.15, 0.2) is 17.5 Å². The van der Waals surface area contributed by atoms with E-state index in [1.54, 1.807) is 0 Å². The van der Waals surface area contributed by atoms with Crippen molar-refractivity contribution in [3.63, 3.8) is 0 Å². The highest BCUT2D eigenvalue weighted by atomic mass is 28.4. The molecule has 2 saturated carbocycles. The van der Waals surface area contributed by atoms with Gasteiger partial charge in [0.05, 0.1) is 25.7 Å². The van der Waals surface area contributed by atoms with Gasteiger partial charge in [0.25, 0.3) is 8.32 Å². The minimum atomic E-state index is -2.36. The lowest BCUT2D eigenvalue weighted by Crippen LogP contribution is -2.79. The third-order valence-corrected chi connectivity index (χ3v) is 15.3. The van der Waals surface area contributed by atoms with Gasteiger partial charge in [0.1, 0.15) is 18.0 Å². The summed E-state index contributed by atoms with van der Waals surface area (Å²) in [6.45, 7) is 14.0. The molecule has 0 aromatic carbocycles. The molecule has 38 heavy (non-hydrogen) atoms. The predicted molar refractivity (Wildman–Crippen MR) is 135 cm³/mol. The summed E-state index contributed by atoms with van der Waals surface area (Å²) in [6.07, 6.45) is -5.56. The predicted octanol–water partition coefficient (Wildman–Crippen LogP) is 1.46. The molecule has 0 aromatic rings. The molecule has 2 bridgehead atoms. The third-order valence-electron chi connectivity index (χ3n) is 11.0. The Morgan fingerprint density at radius 1 is 1.13 bits per heavy atom. The third kappa shape index (κ3) is 3.11. The van der Waals surface area contributed by atoms with Crippen molar-refractivity contribution in [2.24, 2.45) is 28.6 Å². The first-order chi connectivity index (χ1) is 17.4. The molecule has 2 aliphatic heterocycles. The largest absolute Gasteiger partial charge is 0.541 e. The van der Waals surface area contributed by atoms with E-state index in [-0.39, 0.29) is 29.8 Å². The maximum atomic E-state index is 13.8. The van der Waals surface area contributed by atoms with Gasteiger partial charge in [0, 0.05) is 17.8 Å². The average Bonchev–Trinajstić information content (AvgIpc) is 3.12. The van der Waals surface area contributed by atoms with Crippen LogP contribution in [0, 0.1) is 28.6 Å². The molecule has 2 heterocycles. The van der Waals surface area contributed by atoms with E-state index < -0.39 is 72.9 Å². The molecule has 3 aliphatic carbocycles. The number of ether oxygens (including phenoxy) is 3. The number of carbonyl (C=O) groups excluding carboxylic acids is 3. The summed E-state index contributed by atoms with van der Waals surface area (Å²) < 4.78 is 23.3. The summed E-state index contributed by atoms with van der Waals surface area (Å²) in [5, 5.41) is 34.1. The second-order valence-electron chi connectivity index (χ2n) is 13.7. The minimum Gasteiger partial charge on any atom is -0.541 e. The quantitative estimate of drug-likeness (QED) is 0.347. The maximum absolute atomic E-state index is 13.8. The Hall–Kier alpha value is -1.79. The fourth-order valence-corrected chi connectivity index (χ4v) is 9.39. The lowest BCUT2D eigenvalue weighted by Gasteiger charge is -2.67. The highest BCUT2D eigenvalue weighted by Crippen LogP contribution is 2.72. The Balaban J connectivity index is 1.68. The number of fused-ring (bicyclic) bond motifs is 2. The zero-order chi connectivity index (χ0) is 28.4. The molecular weight excluding hydrogens is 512 g/mol. The number of aliphatic hydroxyl groups excluding tert-OH is 3. The van der Waals surface area contributed by atoms with E-state index in [1.807, 2.05) is 13.8 Å². The Labute approximate surface area is 223 Å². The minimum absolute atomic E-state index is 0.0316. The van der Waals surface area contributed by atoms with Crippen molar-refractivity contribution in [1.29, 1.82) is 0 Å². The molecule has 11 heteroatoms. The maximum Gasteiger partial charge on any atom is 0.341 e. The molecule has 5 aliphatic rings. The van der Waals surface area contributed by atoms with Crippen molar-refractivity contribution in [1.82, 2.24) is 0 Å². The van der Waals surface area contributed by atoms with Crippen molar-refractivity contribution in [3.05, 3.63) is 11.3 Å². The van der Waals surface area contributed by atoms with Gasteiger partial charge in [-0.1, -0.05) is 27.7 Å². The van der Waals surface area contributed by atoms with Gasteiger partial charge in [0.2, 0.25) is 0 Å². The number of hydrogen-bond donors (Lipinski definition) is 3. The number of allylic oxidation sites excluding steroid dienone is 2. The van der Waals surface area contributed by atoms with Crippen molar-refractivity contribution >= 4 is 26.0 Å². The van der Waals surface area contributed by atoms with E-state index in [0.717, 1.165) is 12.7 Å². The van der Waals surface area contributed by atoms with Crippen LogP contribution in [0.4, 0.5) is 0 Å². The summed E-state index contributed by atoms with van der Waals surface area (Å²) in [6, 6.07) is 0. The number of rotatable bonds is 3. The molecule has 212 valence electrons. The van der Waals surface area contributed by atoms with Crippen molar-refractivity contribution in [3.8, 4) is 0 Å². The van der Waals surface area contributed by atoms with Gasteiger partial charge in [-0.25, -0.2) is 9.59 Å². The van der Waals surface area contributed by atoms with E-state index in [2.05, 4.69) is 33.9 Å². The van der Waals surface area contributed by atoms with Crippen LogP contribution < -0.4 is 0 Å². The summed E-state index contributed by atoms with van der Waals surface area (Å²) in [5.41, 5.74) is -3.50. The molecule has 10 nitrogen and oxygen atoms in total. The van der Waals surface area contributed by atoms with Gasteiger partial charge in [-0.15, -0.1) is 0 Å². The van der Waals surface area contributed by atoms with E-state index in [0.29, 0.717) is 12.2 Å². The Morgan fingerprint density at radius 3 is 2.34 bits per heavy atom. The van der Waals surface area contributed by atoms with Gasteiger partial charge in [-0.2, -0.15) is 0 Å². The van der Waals surface area contributed by atoms with Crippen LogP contribution in [0.15, 0.2) is 11.3 Å². The summed E-state index contributed by atoms with van der Waals surface area (Å²) in [4.78, 5) is 39.8. The smallest absolute Gasteiger partial charge is 0.341 e. The monoisotopic (exact) mass is 552 g/mol. The second-order valence-corrected chi connectivity index (χ2v) is 18.4. The highest BCUT2D eigenvalue weighted by Gasteiger charge is 2.84. The highest BCUT2D eigenvalue weighted by molar-refractivity contribution is 6.74. The van der Waals surface area contributed by atoms with Crippen LogP contribution >= 0.6 is 0 Å². The fourth-order valence-electron chi connectivity index (χ4n) is 8.30. The van der Waals surface area contributed by atoms with Gasteiger partial charge in [-0.3, -0.25) is 4.79 Å². The standard InChI is InChI=1S/C27H40O10Si/c1-12-13-9-15-26-11-35-27(23(33)34-6,20(26)17(30)22(32)36-15)21(31)16(29)19(26)25(13,5)10-14(28)18(12)37-38(7,8)24(2,3)4/h13,15-17,19-21,29-31H,9-11H2,1-8H3/t13-,15+,16+,17+,19+,20+,21-,25-,26+,27-/m0/s1. The first-order valence-corrected chi connectivity index (χ1v) is 16.2. The molecule has 1 spiro atoms. The van der Waals surface area contributed by atoms with Gasteiger partial charge in [-0.05, 0) is 48.4 Å². The zero-order valence-corrected chi connectivity index (χ0v) is 24.4. The number of carbonyl (C=O) groups is 3. The average molecular weight is 553 g/mol. The Morgan fingerprint density at radius 2 is 1.76 bits per heavy atom. The molecule has 0 amide bonds. The lowest BCUT2D eigenvalue weighted by atomic mass is 9.38. The number of esters is 2. The molecule has 5 rings (SSSR count). The van der Waals surface area contributed by atoms with Crippen LogP contribution in [0.5, 0.6) is 0 Å². The Bertz CT molecular complexity index is 1130. The van der Waals surface area contributed by atoms with Crippen LogP contribution in [-0.2, 0) is 33.0 Å². The topological polar surface area (TPSA) is 149 Å². The van der Waals surface area contributed by atoms with Crippen LogP contribution in [0.2, 0.25) is 18.1 Å². The van der Waals surface area contributed by atoms with E-state index in [9.17, 15) is 29.7 Å². The number of methoxy groups -OCH3 is 1. The zero-order valence-electron chi connectivity index (χ0n) is 23.4. The summed E-state index contributed by atoms with van der Waals surface area (Å²) in [7, 11) is -1.24. The van der Waals surface area contributed by atoms with E-state index in [1.165, 1.54) is 0 Å². The molecule has 3 N–H and O–H groups in total. The van der Waals surface area contributed by atoms with Crippen LogP contribution in [0.1, 0.15) is 47.5 Å². The van der Waals surface area contributed by atoms with Crippen LogP contribution in [0.25, 0.3) is 0 Å². The van der Waals surface area contributed by atoms with Crippen LogP contribution in [0.3, 0.4) is 0 Å². The van der Waals surface area contributed by atoms with Gasteiger partial charge < -0.3 is 34.0 Å². The summed E-state index contributed by atoms with van der Waals surface area (Å²) in [5.74, 6) is -4.08. The number of hydrogen-bond acceptors (Lipinski definition) is 10. The molecule has 0 aromatic heterocycles. The van der Waals surface area contributed by atoms with E-state index >= 15 is 0 Å². The number of ketones is 1.